The number of aromatic nitrogens is 2. The van der Waals surface area contributed by atoms with E-state index in [1.54, 1.807) is 24.5 Å². The maximum Gasteiger partial charge on any atom is 0.196 e. The van der Waals surface area contributed by atoms with E-state index in [0.717, 1.165) is 10.9 Å². The molecule has 92 valence electrons. The molecule has 0 fully saturated rings. The fraction of sp³-hybridized carbons (Fsp3) is 0.154. The Morgan fingerprint density at radius 3 is 3.11 bits per heavy atom. The molecule has 18 heavy (non-hydrogen) atoms. The minimum atomic E-state index is 0.223. The van der Waals surface area contributed by atoms with Gasteiger partial charge in [0, 0.05) is 30.1 Å². The number of benzene rings is 1. The molecule has 2 heterocycles. The van der Waals surface area contributed by atoms with Crippen LogP contribution < -0.4 is 5.73 Å². The number of nitrogens with one attached hydrogen (secondary N) is 1. The molecule has 0 radical (unpaired) electrons. The monoisotopic (exact) mass is 243 g/mol. The molecule has 0 saturated carbocycles. The van der Waals surface area contributed by atoms with Crippen LogP contribution in [0.25, 0.3) is 22.2 Å². The van der Waals surface area contributed by atoms with Crippen molar-refractivity contribution in [3.8, 4) is 17.1 Å². The second kappa shape index (κ2) is 4.19. The third-order valence-electron chi connectivity index (χ3n) is 2.87. The summed E-state index contributed by atoms with van der Waals surface area (Å²) in [4.78, 5) is 7.20. The lowest BCUT2D eigenvalue weighted by atomic mass is 10.1. The van der Waals surface area contributed by atoms with Crippen molar-refractivity contribution < 1.29 is 9.52 Å². The highest BCUT2D eigenvalue weighted by Crippen LogP contribution is 2.32. The smallest absolute Gasteiger partial charge is 0.196 e. The number of para-hydroxylation sites is 1. The van der Waals surface area contributed by atoms with Gasteiger partial charge in [0.05, 0.1) is 11.7 Å². The summed E-state index contributed by atoms with van der Waals surface area (Å²) in [6.07, 6.45) is 4.10. The highest BCUT2D eigenvalue weighted by molar-refractivity contribution is 5.97. The van der Waals surface area contributed by atoms with Crippen molar-refractivity contribution in [2.75, 3.05) is 6.54 Å². The quantitative estimate of drug-likeness (QED) is 0.656. The summed E-state index contributed by atoms with van der Waals surface area (Å²) in [7, 11) is 0. The number of aromatic hydroxyl groups is 1. The summed E-state index contributed by atoms with van der Waals surface area (Å²) in [5.74, 6) is 1.53. The predicted molar refractivity (Wildman–Crippen MR) is 68.2 cm³/mol. The van der Waals surface area contributed by atoms with E-state index in [2.05, 4.69) is 9.97 Å². The predicted octanol–water partition coefficient (Wildman–Crippen LogP) is 2.03. The van der Waals surface area contributed by atoms with Gasteiger partial charge in [0.2, 0.25) is 0 Å². The van der Waals surface area contributed by atoms with Crippen LogP contribution in [0.1, 0.15) is 5.89 Å². The number of nitrogens with two attached hydrogens (primary N) is 1. The van der Waals surface area contributed by atoms with E-state index in [9.17, 15) is 5.11 Å². The topological polar surface area (TPSA) is 88.1 Å². The Hall–Kier alpha value is -2.27. The standard InChI is InChI=1S/C13H13N3O2/c14-5-4-12-15-7-11(18-12)9-6-16-13-8(9)2-1-3-10(13)17/h1-3,6-7,16-17H,4-5,14H2. The van der Waals surface area contributed by atoms with Crippen molar-refractivity contribution in [1.29, 1.82) is 0 Å². The molecule has 0 aliphatic heterocycles. The number of aromatic amines is 1. The number of rotatable bonds is 3. The van der Waals surface area contributed by atoms with Crippen LogP contribution in [0.5, 0.6) is 5.75 Å². The van der Waals surface area contributed by atoms with Crippen molar-refractivity contribution in [1.82, 2.24) is 9.97 Å². The van der Waals surface area contributed by atoms with Crippen molar-refractivity contribution in [2.45, 2.75) is 6.42 Å². The molecule has 0 spiro atoms. The first-order chi connectivity index (χ1) is 8.79. The van der Waals surface area contributed by atoms with E-state index in [4.69, 9.17) is 10.2 Å². The van der Waals surface area contributed by atoms with E-state index < -0.39 is 0 Å². The highest BCUT2D eigenvalue weighted by Gasteiger charge is 2.12. The minimum absolute atomic E-state index is 0.223. The Balaban J connectivity index is 2.10. The van der Waals surface area contributed by atoms with Gasteiger partial charge in [-0.25, -0.2) is 4.98 Å². The van der Waals surface area contributed by atoms with E-state index in [0.29, 0.717) is 30.1 Å². The molecule has 4 N–H and O–H groups in total. The third-order valence-corrected chi connectivity index (χ3v) is 2.87. The molecule has 3 aromatic rings. The molecule has 0 amide bonds. The van der Waals surface area contributed by atoms with Gasteiger partial charge < -0.3 is 20.2 Å². The van der Waals surface area contributed by atoms with Crippen molar-refractivity contribution in [3.63, 3.8) is 0 Å². The van der Waals surface area contributed by atoms with Crippen LogP contribution in [-0.4, -0.2) is 21.6 Å². The summed E-state index contributed by atoms with van der Waals surface area (Å²) in [6, 6.07) is 5.36. The number of hydrogen-bond donors (Lipinski definition) is 3. The molecule has 0 bridgehead atoms. The average molecular weight is 243 g/mol. The van der Waals surface area contributed by atoms with Crippen LogP contribution >= 0.6 is 0 Å². The van der Waals surface area contributed by atoms with Gasteiger partial charge in [-0.15, -0.1) is 0 Å². The Kier molecular flexibility index (Phi) is 2.53. The fourth-order valence-corrected chi connectivity index (χ4v) is 2.02. The minimum Gasteiger partial charge on any atom is -0.506 e. The number of phenols is 1. The molecule has 0 aliphatic carbocycles. The number of fused-ring (bicyclic) bond motifs is 1. The van der Waals surface area contributed by atoms with Crippen molar-refractivity contribution in [3.05, 3.63) is 36.5 Å². The van der Waals surface area contributed by atoms with Crippen LogP contribution in [0.3, 0.4) is 0 Å². The zero-order valence-corrected chi connectivity index (χ0v) is 9.68. The average Bonchev–Trinajstić information content (AvgIpc) is 2.96. The van der Waals surface area contributed by atoms with Gasteiger partial charge in [-0.05, 0) is 6.07 Å². The summed E-state index contributed by atoms with van der Waals surface area (Å²) >= 11 is 0. The normalized spacial score (nSPS) is 11.2. The number of nitrogens with zero attached hydrogens (tertiary/aromatic N) is 1. The Morgan fingerprint density at radius 1 is 1.39 bits per heavy atom. The van der Waals surface area contributed by atoms with E-state index in [1.807, 2.05) is 6.07 Å². The lowest BCUT2D eigenvalue weighted by Gasteiger charge is -1.96. The van der Waals surface area contributed by atoms with Crippen LogP contribution in [0.4, 0.5) is 0 Å². The molecule has 2 aromatic heterocycles. The van der Waals surface area contributed by atoms with Crippen LogP contribution in [-0.2, 0) is 6.42 Å². The van der Waals surface area contributed by atoms with E-state index in [-0.39, 0.29) is 5.75 Å². The molecule has 3 rings (SSSR count). The van der Waals surface area contributed by atoms with Crippen LogP contribution in [0, 0.1) is 0 Å². The van der Waals surface area contributed by atoms with Crippen molar-refractivity contribution in [2.24, 2.45) is 5.73 Å². The van der Waals surface area contributed by atoms with E-state index >= 15 is 0 Å². The Labute approximate surface area is 103 Å². The van der Waals surface area contributed by atoms with Gasteiger partial charge in [0.25, 0.3) is 0 Å². The number of H-pyrrole nitrogens is 1. The maximum atomic E-state index is 9.73. The molecule has 1 aromatic carbocycles. The largest absolute Gasteiger partial charge is 0.506 e. The fourth-order valence-electron chi connectivity index (χ4n) is 2.02. The molecule has 0 atom stereocenters. The summed E-state index contributed by atoms with van der Waals surface area (Å²) in [6.45, 7) is 0.509. The molecule has 0 aliphatic rings. The van der Waals surface area contributed by atoms with Gasteiger partial charge in [0.15, 0.2) is 11.7 Å². The van der Waals surface area contributed by atoms with Crippen LogP contribution in [0.15, 0.2) is 35.0 Å². The molecular formula is C13H13N3O2. The molecule has 0 saturated heterocycles. The Morgan fingerprint density at radius 2 is 2.28 bits per heavy atom. The number of phenolic OH excluding ortho intramolecular Hbond substituents is 1. The van der Waals surface area contributed by atoms with Gasteiger partial charge >= 0.3 is 0 Å². The second-order valence-electron chi connectivity index (χ2n) is 4.06. The summed E-state index contributed by atoms with van der Waals surface area (Å²) in [5.41, 5.74) is 7.04. The molecular weight excluding hydrogens is 230 g/mol. The second-order valence-corrected chi connectivity index (χ2v) is 4.06. The first-order valence-electron chi connectivity index (χ1n) is 5.74. The summed E-state index contributed by atoms with van der Waals surface area (Å²) < 4.78 is 5.62. The molecule has 5 nitrogen and oxygen atoms in total. The number of oxazole rings is 1. The number of hydrogen-bond acceptors (Lipinski definition) is 4. The first kappa shape index (κ1) is 10.9. The van der Waals surface area contributed by atoms with Gasteiger partial charge in [-0.3, -0.25) is 0 Å². The first-order valence-corrected chi connectivity index (χ1v) is 5.74. The highest BCUT2D eigenvalue weighted by atomic mass is 16.4. The Bertz CT molecular complexity index is 684. The van der Waals surface area contributed by atoms with Crippen molar-refractivity contribution >= 4 is 10.9 Å². The summed E-state index contributed by atoms with van der Waals surface area (Å²) in [5, 5.41) is 10.6. The van der Waals surface area contributed by atoms with Crippen LogP contribution in [0.2, 0.25) is 0 Å². The zero-order chi connectivity index (χ0) is 12.5. The third kappa shape index (κ3) is 1.65. The zero-order valence-electron chi connectivity index (χ0n) is 9.68. The molecule has 0 unspecified atom stereocenters. The lowest BCUT2D eigenvalue weighted by Crippen LogP contribution is -2.02. The molecule has 5 heteroatoms. The van der Waals surface area contributed by atoms with E-state index in [1.165, 1.54) is 0 Å². The van der Waals surface area contributed by atoms with Gasteiger partial charge in [-0.2, -0.15) is 0 Å². The SMILES string of the molecule is NCCc1ncc(-c2c[nH]c3c(O)cccc23)o1. The van der Waals surface area contributed by atoms with Gasteiger partial charge in [0.1, 0.15) is 5.75 Å². The maximum absolute atomic E-state index is 9.73. The lowest BCUT2D eigenvalue weighted by molar-refractivity contribution is 0.480. The van der Waals surface area contributed by atoms with Gasteiger partial charge in [-0.1, -0.05) is 12.1 Å².